The molecule has 2 rings (SSSR count). The lowest BCUT2D eigenvalue weighted by molar-refractivity contribution is -0.142. The number of rotatable bonds is 6. The summed E-state index contributed by atoms with van der Waals surface area (Å²) in [5, 5.41) is 9.32. The number of carboxylic acid groups (broad SMARTS) is 1. The van der Waals surface area contributed by atoms with E-state index in [9.17, 15) is 14.7 Å². The zero-order chi connectivity index (χ0) is 15.6. The molecule has 2 bridgehead atoms. The second-order valence-electron chi connectivity index (χ2n) is 6.47. The van der Waals surface area contributed by atoms with Crippen LogP contribution in [-0.4, -0.2) is 51.6 Å². The molecule has 0 aliphatic carbocycles. The van der Waals surface area contributed by atoms with Crippen LogP contribution in [0.15, 0.2) is 0 Å². The predicted octanol–water partition coefficient (Wildman–Crippen LogP) is 2.94. The van der Waals surface area contributed by atoms with Gasteiger partial charge in [0, 0.05) is 24.7 Å². The monoisotopic (exact) mass is 296 g/mol. The maximum absolute atomic E-state index is 12.9. The van der Waals surface area contributed by atoms with E-state index in [-0.39, 0.29) is 30.1 Å². The van der Waals surface area contributed by atoms with Crippen molar-refractivity contribution < 1.29 is 14.7 Å². The third kappa shape index (κ3) is 3.01. The Kier molecular flexibility index (Phi) is 5.12. The summed E-state index contributed by atoms with van der Waals surface area (Å²) in [7, 11) is 0. The van der Waals surface area contributed by atoms with Crippen molar-refractivity contribution in [2.24, 2.45) is 5.92 Å². The van der Waals surface area contributed by atoms with Gasteiger partial charge in [-0.3, -0.25) is 4.79 Å². The van der Waals surface area contributed by atoms with Crippen LogP contribution in [0.25, 0.3) is 0 Å². The highest BCUT2D eigenvalue weighted by molar-refractivity contribution is 5.79. The molecule has 4 atom stereocenters. The smallest absolute Gasteiger partial charge is 0.320 e. The molecule has 2 aliphatic rings. The molecule has 2 heterocycles. The van der Waals surface area contributed by atoms with Gasteiger partial charge in [-0.2, -0.15) is 0 Å². The number of carbonyl (C=O) groups is 2. The molecule has 0 aromatic heterocycles. The van der Waals surface area contributed by atoms with E-state index in [1.807, 2.05) is 9.80 Å². The molecule has 1 N–H and O–H groups in total. The number of carboxylic acids is 1. The highest BCUT2D eigenvalue weighted by Crippen LogP contribution is 2.42. The van der Waals surface area contributed by atoms with Gasteiger partial charge in [-0.25, -0.2) is 4.79 Å². The first kappa shape index (κ1) is 16.1. The predicted molar refractivity (Wildman–Crippen MR) is 81.2 cm³/mol. The minimum Gasteiger partial charge on any atom is -0.481 e. The zero-order valence-corrected chi connectivity index (χ0v) is 13.4. The number of aliphatic carboxylic acids is 1. The van der Waals surface area contributed by atoms with Crippen molar-refractivity contribution >= 4 is 12.0 Å². The lowest BCUT2D eigenvalue weighted by Gasteiger charge is -2.35. The molecule has 0 spiro atoms. The third-order valence-corrected chi connectivity index (χ3v) is 5.20. The first-order chi connectivity index (χ1) is 10.0. The Hall–Kier alpha value is -1.26. The second kappa shape index (κ2) is 6.67. The lowest BCUT2D eigenvalue weighted by Crippen LogP contribution is -2.50. The number of unbranched alkanes of at least 4 members (excludes halogenated alkanes) is 1. The molecular weight excluding hydrogens is 268 g/mol. The van der Waals surface area contributed by atoms with Crippen molar-refractivity contribution in [2.75, 3.05) is 6.54 Å². The minimum atomic E-state index is -0.747. The summed E-state index contributed by atoms with van der Waals surface area (Å²) in [5.41, 5.74) is 0. The van der Waals surface area contributed by atoms with Crippen molar-refractivity contribution in [1.29, 1.82) is 0 Å². The van der Waals surface area contributed by atoms with Crippen molar-refractivity contribution in [1.82, 2.24) is 9.80 Å². The van der Waals surface area contributed by atoms with Gasteiger partial charge in [0.15, 0.2) is 0 Å². The molecule has 2 aliphatic heterocycles. The first-order valence-corrected chi connectivity index (χ1v) is 8.32. The Morgan fingerprint density at radius 1 is 1.33 bits per heavy atom. The summed E-state index contributed by atoms with van der Waals surface area (Å²) in [6, 6.07) is 0.325. The second-order valence-corrected chi connectivity index (χ2v) is 6.47. The fourth-order valence-electron chi connectivity index (χ4n) is 3.75. The summed E-state index contributed by atoms with van der Waals surface area (Å²) < 4.78 is 0. The Bertz CT molecular complexity index is 399. The van der Waals surface area contributed by atoms with E-state index in [0.29, 0.717) is 6.42 Å². The van der Waals surface area contributed by atoms with Gasteiger partial charge in [0.2, 0.25) is 0 Å². The number of nitrogens with zero attached hydrogens (tertiary/aromatic N) is 2. The average Bonchev–Trinajstić information content (AvgIpc) is 3.04. The largest absolute Gasteiger partial charge is 0.481 e. The van der Waals surface area contributed by atoms with E-state index < -0.39 is 5.97 Å². The van der Waals surface area contributed by atoms with Crippen LogP contribution in [0.4, 0.5) is 4.79 Å². The van der Waals surface area contributed by atoms with Gasteiger partial charge >= 0.3 is 12.0 Å². The first-order valence-electron chi connectivity index (χ1n) is 8.32. The van der Waals surface area contributed by atoms with Crippen LogP contribution in [0.3, 0.4) is 0 Å². The summed E-state index contributed by atoms with van der Waals surface area (Å²) >= 11 is 0. The van der Waals surface area contributed by atoms with Gasteiger partial charge in [0.25, 0.3) is 0 Å². The van der Waals surface area contributed by atoms with Crippen LogP contribution in [0.5, 0.6) is 0 Å². The highest BCUT2D eigenvalue weighted by atomic mass is 16.4. The molecule has 2 saturated heterocycles. The molecule has 0 saturated carbocycles. The number of fused-ring (bicyclic) bond motifs is 2. The van der Waals surface area contributed by atoms with Crippen LogP contribution >= 0.6 is 0 Å². The van der Waals surface area contributed by atoms with Gasteiger partial charge in [0.05, 0.1) is 5.92 Å². The Morgan fingerprint density at radius 2 is 2.05 bits per heavy atom. The molecular formula is C16H28N2O3. The summed E-state index contributed by atoms with van der Waals surface area (Å²) in [6.07, 6.45) is 5.43. The topological polar surface area (TPSA) is 60.9 Å². The maximum Gasteiger partial charge on any atom is 0.320 e. The molecule has 2 amide bonds. The van der Waals surface area contributed by atoms with Crippen LogP contribution in [0.2, 0.25) is 0 Å². The lowest BCUT2D eigenvalue weighted by atomic mass is 9.89. The van der Waals surface area contributed by atoms with E-state index in [1.54, 1.807) is 0 Å². The maximum atomic E-state index is 12.9. The molecule has 0 aromatic rings. The van der Waals surface area contributed by atoms with E-state index in [4.69, 9.17) is 0 Å². The summed E-state index contributed by atoms with van der Waals surface area (Å²) in [5.74, 6) is -1.11. The van der Waals surface area contributed by atoms with Crippen LogP contribution in [0, 0.1) is 5.92 Å². The third-order valence-electron chi connectivity index (χ3n) is 5.20. The van der Waals surface area contributed by atoms with Gasteiger partial charge in [0.1, 0.15) is 0 Å². The molecule has 0 radical (unpaired) electrons. The van der Waals surface area contributed by atoms with E-state index in [1.165, 1.54) is 0 Å². The number of amides is 2. The van der Waals surface area contributed by atoms with E-state index >= 15 is 0 Å². The SMILES string of the molecule is CCCCN(C(=O)N1C2CCC1C(C(=O)O)C2)C(C)CC. The van der Waals surface area contributed by atoms with Crippen molar-refractivity contribution in [3.05, 3.63) is 0 Å². The molecule has 4 unspecified atom stereocenters. The van der Waals surface area contributed by atoms with Gasteiger partial charge in [-0.15, -0.1) is 0 Å². The Labute approximate surface area is 127 Å². The van der Waals surface area contributed by atoms with Gasteiger partial charge in [-0.05, 0) is 39.0 Å². The van der Waals surface area contributed by atoms with Gasteiger partial charge in [-0.1, -0.05) is 20.3 Å². The van der Waals surface area contributed by atoms with Crippen LogP contribution < -0.4 is 0 Å². The van der Waals surface area contributed by atoms with Crippen LogP contribution in [-0.2, 0) is 4.79 Å². The van der Waals surface area contributed by atoms with Crippen LogP contribution in [0.1, 0.15) is 59.3 Å². The molecule has 120 valence electrons. The van der Waals surface area contributed by atoms with E-state index in [0.717, 1.165) is 38.6 Å². The fourth-order valence-corrected chi connectivity index (χ4v) is 3.75. The van der Waals surface area contributed by atoms with Crippen molar-refractivity contribution in [2.45, 2.75) is 77.4 Å². The quantitative estimate of drug-likeness (QED) is 0.819. The standard InChI is InChI=1S/C16H28N2O3/c1-4-6-9-17(11(3)5-2)16(21)18-12-7-8-14(18)13(10-12)15(19)20/h11-14H,4-10H2,1-3H3,(H,19,20). The highest BCUT2D eigenvalue weighted by Gasteiger charge is 2.52. The Morgan fingerprint density at radius 3 is 2.57 bits per heavy atom. The summed E-state index contributed by atoms with van der Waals surface area (Å²) in [6.45, 7) is 7.08. The van der Waals surface area contributed by atoms with Gasteiger partial charge < -0.3 is 14.9 Å². The summed E-state index contributed by atoms with van der Waals surface area (Å²) in [4.78, 5) is 28.1. The minimum absolute atomic E-state index is 0.0639. The average molecular weight is 296 g/mol. The fraction of sp³-hybridized carbons (Fsp3) is 0.875. The molecule has 5 heteroatoms. The number of urea groups is 1. The Balaban J connectivity index is 2.12. The molecule has 5 nitrogen and oxygen atoms in total. The molecule has 2 fully saturated rings. The molecule has 21 heavy (non-hydrogen) atoms. The number of hydrogen-bond donors (Lipinski definition) is 1. The molecule has 0 aromatic carbocycles. The number of carbonyl (C=O) groups excluding carboxylic acids is 1. The zero-order valence-electron chi connectivity index (χ0n) is 13.4. The van der Waals surface area contributed by atoms with Crippen molar-refractivity contribution in [3.63, 3.8) is 0 Å². The normalized spacial score (nSPS) is 28.7. The van der Waals surface area contributed by atoms with E-state index in [2.05, 4.69) is 20.8 Å². The number of hydrogen-bond acceptors (Lipinski definition) is 2. The van der Waals surface area contributed by atoms with Crippen molar-refractivity contribution in [3.8, 4) is 0 Å².